The van der Waals surface area contributed by atoms with Gasteiger partial charge in [-0.15, -0.1) is 11.3 Å². The van der Waals surface area contributed by atoms with E-state index in [2.05, 4.69) is 0 Å². The topological polar surface area (TPSA) is 20.3 Å². The average molecular weight is 277 g/mol. The second kappa shape index (κ2) is 5.97. The van der Waals surface area contributed by atoms with E-state index in [0.29, 0.717) is 6.42 Å². The first kappa shape index (κ1) is 13.7. The summed E-state index contributed by atoms with van der Waals surface area (Å²) >= 11 is 1.58. The Morgan fingerprint density at radius 2 is 2.00 bits per heavy atom. The van der Waals surface area contributed by atoms with Gasteiger partial charge in [0.1, 0.15) is 5.82 Å². The summed E-state index contributed by atoms with van der Waals surface area (Å²) in [6, 6.07) is 10.1. The molecule has 100 valence electrons. The van der Waals surface area contributed by atoms with Gasteiger partial charge in [-0.1, -0.05) is 18.2 Å². The Morgan fingerprint density at radius 1 is 1.32 bits per heavy atom. The molecule has 1 aromatic heterocycles. The number of benzene rings is 1. The smallest absolute Gasteiger partial charge is 0.228 e. The van der Waals surface area contributed by atoms with Crippen LogP contribution in [0, 0.1) is 5.82 Å². The predicted octanol–water partition coefficient (Wildman–Crippen LogP) is 3.65. The van der Waals surface area contributed by atoms with E-state index in [1.54, 1.807) is 35.4 Å². The van der Waals surface area contributed by atoms with Gasteiger partial charge in [0.15, 0.2) is 0 Å². The highest BCUT2D eigenvalue weighted by molar-refractivity contribution is 7.10. The van der Waals surface area contributed by atoms with Gasteiger partial charge >= 0.3 is 0 Å². The third-order valence-corrected chi connectivity index (χ3v) is 4.11. The Labute approximate surface area is 116 Å². The zero-order chi connectivity index (χ0) is 13.8. The summed E-state index contributed by atoms with van der Waals surface area (Å²) in [7, 11) is 1.78. The predicted molar refractivity (Wildman–Crippen MR) is 75.6 cm³/mol. The van der Waals surface area contributed by atoms with Crippen molar-refractivity contribution in [3.63, 3.8) is 0 Å². The van der Waals surface area contributed by atoms with Crippen molar-refractivity contribution in [3.05, 3.63) is 58.0 Å². The minimum atomic E-state index is -0.261. The fraction of sp³-hybridized carbons (Fsp3) is 0.267. The lowest BCUT2D eigenvalue weighted by Gasteiger charge is -2.25. The van der Waals surface area contributed by atoms with Crippen LogP contribution < -0.4 is 0 Å². The van der Waals surface area contributed by atoms with Gasteiger partial charge in [0, 0.05) is 11.9 Å². The van der Waals surface area contributed by atoms with Crippen LogP contribution in [0.2, 0.25) is 0 Å². The number of halogens is 1. The molecular formula is C15H16FNOS. The molecule has 19 heavy (non-hydrogen) atoms. The molecule has 0 aliphatic rings. The van der Waals surface area contributed by atoms with Crippen LogP contribution in [-0.2, 0) is 11.2 Å². The van der Waals surface area contributed by atoms with Gasteiger partial charge in [0.25, 0.3) is 0 Å². The number of carbonyl (C=O) groups is 1. The summed E-state index contributed by atoms with van der Waals surface area (Å²) in [6.07, 6.45) is 0.416. The van der Waals surface area contributed by atoms with Crippen molar-refractivity contribution in [2.75, 3.05) is 7.05 Å². The molecule has 0 saturated carbocycles. The van der Waals surface area contributed by atoms with Crippen LogP contribution in [-0.4, -0.2) is 17.9 Å². The normalized spacial score (nSPS) is 12.2. The molecule has 1 unspecified atom stereocenters. The van der Waals surface area contributed by atoms with Crippen molar-refractivity contribution >= 4 is 17.2 Å². The number of thiophene rings is 1. The van der Waals surface area contributed by atoms with Gasteiger partial charge in [0.2, 0.25) is 5.91 Å². The highest BCUT2D eigenvalue weighted by Crippen LogP contribution is 2.20. The van der Waals surface area contributed by atoms with E-state index in [1.165, 1.54) is 12.1 Å². The van der Waals surface area contributed by atoms with Crippen LogP contribution in [0.3, 0.4) is 0 Å². The number of hydrogen-bond donors (Lipinski definition) is 0. The summed E-state index contributed by atoms with van der Waals surface area (Å²) in [5.41, 5.74) is 0.934. The van der Waals surface area contributed by atoms with E-state index >= 15 is 0 Å². The van der Waals surface area contributed by atoms with Gasteiger partial charge in [-0.05, 0) is 36.1 Å². The van der Waals surface area contributed by atoms with E-state index in [1.807, 2.05) is 24.4 Å². The first-order valence-corrected chi connectivity index (χ1v) is 6.99. The van der Waals surface area contributed by atoms with Gasteiger partial charge in [-0.3, -0.25) is 4.79 Å². The van der Waals surface area contributed by atoms with Gasteiger partial charge in [0.05, 0.1) is 12.5 Å². The number of hydrogen-bond acceptors (Lipinski definition) is 2. The molecule has 2 aromatic rings. The molecule has 4 heteroatoms. The van der Waals surface area contributed by atoms with Crippen LogP contribution in [0.1, 0.15) is 23.4 Å². The van der Waals surface area contributed by atoms with Crippen molar-refractivity contribution in [2.24, 2.45) is 0 Å². The molecular weight excluding hydrogens is 261 g/mol. The minimum Gasteiger partial charge on any atom is -0.339 e. The van der Waals surface area contributed by atoms with E-state index in [4.69, 9.17) is 0 Å². The van der Waals surface area contributed by atoms with Crippen molar-refractivity contribution in [1.82, 2.24) is 4.90 Å². The number of likely N-dealkylation sites (N-methyl/N-ethyl adjacent to an activating group) is 1. The maximum Gasteiger partial charge on any atom is 0.228 e. The Hall–Kier alpha value is -1.68. The monoisotopic (exact) mass is 277 g/mol. The number of nitrogens with zero attached hydrogens (tertiary/aromatic N) is 1. The minimum absolute atomic E-state index is 0.0620. The van der Waals surface area contributed by atoms with Crippen molar-refractivity contribution < 1.29 is 9.18 Å². The van der Waals surface area contributed by atoms with Crippen molar-refractivity contribution in [1.29, 1.82) is 0 Å². The van der Waals surface area contributed by atoms with Crippen molar-refractivity contribution in [2.45, 2.75) is 19.4 Å². The Morgan fingerprint density at radius 3 is 2.58 bits per heavy atom. The lowest BCUT2D eigenvalue weighted by Crippen LogP contribution is -2.30. The molecule has 0 saturated heterocycles. The molecule has 0 spiro atoms. The molecule has 0 aliphatic heterocycles. The fourth-order valence-electron chi connectivity index (χ4n) is 1.87. The largest absolute Gasteiger partial charge is 0.339 e. The third-order valence-electron chi connectivity index (χ3n) is 3.23. The molecule has 1 amide bonds. The summed E-state index contributed by atoms with van der Waals surface area (Å²) in [5.74, 6) is -0.192. The lowest BCUT2D eigenvalue weighted by molar-refractivity contribution is -0.131. The van der Waals surface area contributed by atoms with E-state index in [-0.39, 0.29) is 17.8 Å². The van der Waals surface area contributed by atoms with Crippen LogP contribution in [0.15, 0.2) is 41.8 Å². The van der Waals surface area contributed by atoms with Crippen LogP contribution in [0.4, 0.5) is 4.39 Å². The molecule has 1 aromatic carbocycles. The van der Waals surface area contributed by atoms with Crippen LogP contribution in [0.25, 0.3) is 0 Å². The van der Waals surface area contributed by atoms with Gasteiger partial charge < -0.3 is 4.90 Å². The first-order valence-electron chi connectivity index (χ1n) is 6.11. The van der Waals surface area contributed by atoms with Crippen LogP contribution in [0.5, 0.6) is 0 Å². The standard InChI is InChI=1S/C15H16FNOS/c1-11(12-5-7-13(16)8-6-12)17(2)15(18)10-14-4-3-9-19-14/h3-9,11H,10H2,1-2H3. The van der Waals surface area contributed by atoms with E-state index in [9.17, 15) is 9.18 Å². The molecule has 0 fully saturated rings. The van der Waals surface area contributed by atoms with E-state index in [0.717, 1.165) is 10.4 Å². The summed E-state index contributed by atoms with van der Waals surface area (Å²) in [6.45, 7) is 1.94. The van der Waals surface area contributed by atoms with Gasteiger partial charge in [-0.25, -0.2) is 4.39 Å². The quantitative estimate of drug-likeness (QED) is 0.835. The zero-order valence-electron chi connectivity index (χ0n) is 11.0. The Bertz CT molecular complexity index is 536. The van der Waals surface area contributed by atoms with Crippen molar-refractivity contribution in [3.8, 4) is 0 Å². The summed E-state index contributed by atoms with van der Waals surface area (Å²) in [5, 5.41) is 1.96. The molecule has 0 aliphatic carbocycles. The Balaban J connectivity index is 2.04. The molecule has 0 radical (unpaired) electrons. The zero-order valence-corrected chi connectivity index (χ0v) is 11.8. The maximum absolute atomic E-state index is 12.9. The third kappa shape index (κ3) is 3.41. The molecule has 2 rings (SSSR count). The second-order valence-corrected chi connectivity index (χ2v) is 5.52. The molecule has 0 N–H and O–H groups in total. The number of amides is 1. The SMILES string of the molecule is CC(c1ccc(F)cc1)N(C)C(=O)Cc1cccs1. The first-order chi connectivity index (χ1) is 9.08. The Kier molecular flexibility index (Phi) is 4.32. The molecule has 0 bridgehead atoms. The highest BCUT2D eigenvalue weighted by atomic mass is 32.1. The molecule has 1 heterocycles. The lowest BCUT2D eigenvalue weighted by atomic mass is 10.1. The summed E-state index contributed by atoms with van der Waals surface area (Å²) in [4.78, 5) is 14.9. The van der Waals surface area contributed by atoms with Gasteiger partial charge in [-0.2, -0.15) is 0 Å². The van der Waals surface area contributed by atoms with E-state index < -0.39 is 0 Å². The maximum atomic E-state index is 12.9. The second-order valence-electron chi connectivity index (χ2n) is 4.49. The summed E-state index contributed by atoms with van der Waals surface area (Å²) < 4.78 is 12.9. The van der Waals surface area contributed by atoms with Crippen LogP contribution >= 0.6 is 11.3 Å². The fourth-order valence-corrected chi connectivity index (χ4v) is 2.56. The average Bonchev–Trinajstić information content (AvgIpc) is 2.90. The number of carbonyl (C=O) groups excluding carboxylic acids is 1. The molecule has 2 nitrogen and oxygen atoms in total. The molecule has 1 atom stereocenters. The highest BCUT2D eigenvalue weighted by Gasteiger charge is 2.17. The number of rotatable bonds is 4.